The molecule has 0 aliphatic carbocycles. The average Bonchev–Trinajstić information content (AvgIpc) is 2.46. The molecule has 1 aromatic carbocycles. The predicted molar refractivity (Wildman–Crippen MR) is 73.9 cm³/mol. The van der Waals surface area contributed by atoms with Gasteiger partial charge in [0.25, 0.3) is 0 Å². The number of benzene rings is 1. The van der Waals surface area contributed by atoms with E-state index in [0.29, 0.717) is 28.9 Å². The normalized spacial score (nSPS) is 16.1. The van der Waals surface area contributed by atoms with Gasteiger partial charge in [0.15, 0.2) is 0 Å². The Hall–Kier alpha value is -1.26. The largest absolute Gasteiger partial charge is 0.492 e. The Morgan fingerprint density at radius 2 is 2.16 bits per heavy atom. The maximum absolute atomic E-state index is 11.4. The first-order chi connectivity index (χ1) is 9.20. The maximum Gasteiger partial charge on any atom is 0.337 e. The Labute approximate surface area is 118 Å². The van der Waals surface area contributed by atoms with Crippen molar-refractivity contribution < 1.29 is 14.3 Å². The van der Waals surface area contributed by atoms with Crippen LogP contribution in [-0.2, 0) is 4.74 Å². The zero-order valence-electron chi connectivity index (χ0n) is 10.9. The van der Waals surface area contributed by atoms with Crippen molar-refractivity contribution in [1.82, 2.24) is 5.32 Å². The lowest BCUT2D eigenvalue weighted by Gasteiger charge is -2.22. The van der Waals surface area contributed by atoms with Gasteiger partial charge in [-0.2, -0.15) is 0 Å². The van der Waals surface area contributed by atoms with E-state index in [4.69, 9.17) is 16.3 Å². The summed E-state index contributed by atoms with van der Waals surface area (Å²) in [6.45, 7) is 2.76. The zero-order valence-corrected chi connectivity index (χ0v) is 11.7. The smallest absolute Gasteiger partial charge is 0.337 e. The maximum atomic E-state index is 11.4. The van der Waals surface area contributed by atoms with Gasteiger partial charge < -0.3 is 14.8 Å². The Bertz CT molecular complexity index is 444. The van der Waals surface area contributed by atoms with Crippen LogP contribution in [-0.4, -0.2) is 32.8 Å². The van der Waals surface area contributed by atoms with Gasteiger partial charge in [-0.15, -0.1) is 0 Å². The van der Waals surface area contributed by atoms with Crippen molar-refractivity contribution >= 4 is 17.6 Å². The van der Waals surface area contributed by atoms with Crippen LogP contribution >= 0.6 is 11.6 Å². The van der Waals surface area contributed by atoms with Crippen molar-refractivity contribution in [2.75, 3.05) is 26.8 Å². The van der Waals surface area contributed by atoms with E-state index in [-0.39, 0.29) is 0 Å². The summed E-state index contributed by atoms with van der Waals surface area (Å²) in [4.78, 5) is 11.4. The summed E-state index contributed by atoms with van der Waals surface area (Å²) in [5, 5.41) is 3.76. The molecule has 0 radical (unpaired) electrons. The molecule has 0 unspecified atom stereocenters. The van der Waals surface area contributed by atoms with Crippen LogP contribution in [0.3, 0.4) is 0 Å². The minimum absolute atomic E-state index is 0.396. The number of ether oxygens (including phenoxy) is 2. The van der Waals surface area contributed by atoms with E-state index in [9.17, 15) is 4.79 Å². The van der Waals surface area contributed by atoms with Crippen LogP contribution < -0.4 is 10.1 Å². The minimum Gasteiger partial charge on any atom is -0.492 e. The molecule has 1 fully saturated rings. The van der Waals surface area contributed by atoms with Gasteiger partial charge in [-0.3, -0.25) is 0 Å². The lowest BCUT2D eigenvalue weighted by atomic mass is 9.99. The Balaban J connectivity index is 1.95. The summed E-state index contributed by atoms with van der Waals surface area (Å²) < 4.78 is 10.4. The highest BCUT2D eigenvalue weighted by Gasteiger charge is 2.15. The molecule has 1 aliphatic heterocycles. The van der Waals surface area contributed by atoms with E-state index in [1.807, 2.05) is 0 Å². The molecular formula is C14H18ClNO3. The second-order valence-electron chi connectivity index (χ2n) is 4.64. The molecular weight excluding hydrogens is 266 g/mol. The fourth-order valence-electron chi connectivity index (χ4n) is 2.12. The van der Waals surface area contributed by atoms with E-state index >= 15 is 0 Å². The number of piperidine rings is 1. The zero-order chi connectivity index (χ0) is 13.7. The van der Waals surface area contributed by atoms with Gasteiger partial charge in [0.2, 0.25) is 0 Å². The van der Waals surface area contributed by atoms with Gasteiger partial charge in [-0.25, -0.2) is 4.79 Å². The monoisotopic (exact) mass is 283 g/mol. The van der Waals surface area contributed by atoms with Crippen molar-refractivity contribution in [1.29, 1.82) is 0 Å². The summed E-state index contributed by atoms with van der Waals surface area (Å²) in [5.74, 6) is 0.789. The number of halogens is 1. The molecule has 1 aliphatic rings. The van der Waals surface area contributed by atoms with Crippen LogP contribution in [0.2, 0.25) is 5.02 Å². The van der Waals surface area contributed by atoms with Gasteiger partial charge >= 0.3 is 5.97 Å². The molecule has 0 saturated carbocycles. The third-order valence-electron chi connectivity index (χ3n) is 3.29. The van der Waals surface area contributed by atoms with Gasteiger partial charge in [-0.05, 0) is 50.0 Å². The SMILES string of the molecule is COC(=O)c1ccc(OCC2CCNCC2)c(Cl)c1. The number of carbonyl (C=O) groups excluding carboxylic acids is 1. The lowest BCUT2D eigenvalue weighted by Crippen LogP contribution is -2.30. The summed E-state index contributed by atoms with van der Waals surface area (Å²) in [7, 11) is 1.35. The Morgan fingerprint density at radius 3 is 2.79 bits per heavy atom. The van der Waals surface area contributed by atoms with Crippen molar-refractivity contribution in [2.45, 2.75) is 12.8 Å². The number of esters is 1. The van der Waals surface area contributed by atoms with E-state index < -0.39 is 5.97 Å². The first-order valence-electron chi connectivity index (χ1n) is 6.42. The van der Waals surface area contributed by atoms with Gasteiger partial charge in [-0.1, -0.05) is 11.6 Å². The van der Waals surface area contributed by atoms with E-state index in [2.05, 4.69) is 10.1 Å². The number of carbonyl (C=O) groups is 1. The molecule has 104 valence electrons. The average molecular weight is 284 g/mol. The highest BCUT2D eigenvalue weighted by atomic mass is 35.5. The van der Waals surface area contributed by atoms with Crippen molar-refractivity contribution in [3.05, 3.63) is 28.8 Å². The van der Waals surface area contributed by atoms with Crippen molar-refractivity contribution in [2.24, 2.45) is 5.92 Å². The number of hydrogen-bond acceptors (Lipinski definition) is 4. The van der Waals surface area contributed by atoms with Crippen LogP contribution in [0.5, 0.6) is 5.75 Å². The highest BCUT2D eigenvalue weighted by Crippen LogP contribution is 2.27. The van der Waals surface area contributed by atoms with Crippen LogP contribution in [0.4, 0.5) is 0 Å². The summed E-state index contributed by atoms with van der Waals surface area (Å²) in [5.41, 5.74) is 0.432. The molecule has 1 saturated heterocycles. The van der Waals surface area contributed by atoms with Crippen LogP contribution in [0.25, 0.3) is 0 Å². The lowest BCUT2D eigenvalue weighted by molar-refractivity contribution is 0.0600. The van der Waals surface area contributed by atoms with E-state index in [1.165, 1.54) is 7.11 Å². The molecule has 0 bridgehead atoms. The molecule has 1 heterocycles. The molecule has 0 spiro atoms. The minimum atomic E-state index is -0.396. The summed E-state index contributed by atoms with van der Waals surface area (Å²) >= 11 is 6.10. The molecule has 4 nitrogen and oxygen atoms in total. The highest BCUT2D eigenvalue weighted by molar-refractivity contribution is 6.32. The van der Waals surface area contributed by atoms with Gasteiger partial charge in [0.05, 0.1) is 24.3 Å². The van der Waals surface area contributed by atoms with Crippen molar-refractivity contribution in [3.63, 3.8) is 0 Å². The number of hydrogen-bond donors (Lipinski definition) is 1. The van der Waals surface area contributed by atoms with Crippen LogP contribution in [0.15, 0.2) is 18.2 Å². The molecule has 0 atom stereocenters. The number of rotatable bonds is 4. The van der Waals surface area contributed by atoms with Crippen LogP contribution in [0, 0.1) is 5.92 Å². The quantitative estimate of drug-likeness (QED) is 0.863. The molecule has 19 heavy (non-hydrogen) atoms. The predicted octanol–water partition coefficient (Wildman–Crippen LogP) is 2.51. The summed E-state index contributed by atoms with van der Waals surface area (Å²) in [6, 6.07) is 4.95. The first-order valence-corrected chi connectivity index (χ1v) is 6.80. The fourth-order valence-corrected chi connectivity index (χ4v) is 2.35. The molecule has 5 heteroatoms. The molecule has 0 amide bonds. The number of methoxy groups -OCH3 is 1. The Morgan fingerprint density at radius 1 is 1.42 bits per heavy atom. The van der Waals surface area contributed by atoms with Crippen LogP contribution in [0.1, 0.15) is 23.2 Å². The standard InChI is InChI=1S/C14H18ClNO3/c1-18-14(17)11-2-3-13(12(15)8-11)19-9-10-4-6-16-7-5-10/h2-3,8,10,16H,4-7,9H2,1H3. The van der Waals surface area contributed by atoms with Gasteiger partial charge in [0, 0.05) is 0 Å². The Kier molecular flexibility index (Phi) is 5.05. The molecule has 1 N–H and O–H groups in total. The van der Waals surface area contributed by atoms with Crippen molar-refractivity contribution in [3.8, 4) is 5.75 Å². The summed E-state index contributed by atoms with van der Waals surface area (Å²) in [6.07, 6.45) is 2.25. The molecule has 0 aromatic heterocycles. The second-order valence-corrected chi connectivity index (χ2v) is 5.05. The first kappa shape index (κ1) is 14.2. The molecule has 2 rings (SSSR count). The second kappa shape index (κ2) is 6.78. The number of nitrogens with one attached hydrogen (secondary N) is 1. The molecule has 1 aromatic rings. The van der Waals surface area contributed by atoms with E-state index in [1.54, 1.807) is 18.2 Å². The topological polar surface area (TPSA) is 47.6 Å². The van der Waals surface area contributed by atoms with E-state index in [0.717, 1.165) is 25.9 Å². The third kappa shape index (κ3) is 3.85. The van der Waals surface area contributed by atoms with Gasteiger partial charge in [0.1, 0.15) is 5.75 Å². The fraction of sp³-hybridized carbons (Fsp3) is 0.500. The third-order valence-corrected chi connectivity index (χ3v) is 3.58.